The van der Waals surface area contributed by atoms with Crippen LogP contribution in [0.3, 0.4) is 0 Å². The van der Waals surface area contributed by atoms with Crippen molar-refractivity contribution in [1.29, 1.82) is 0 Å². The zero-order chi connectivity index (χ0) is 7.40. The summed E-state index contributed by atoms with van der Waals surface area (Å²) in [5.41, 5.74) is 1.14. The number of aromatic nitrogens is 1. The predicted molar refractivity (Wildman–Crippen MR) is 44.1 cm³/mol. The molecule has 1 rings (SSSR count). The van der Waals surface area contributed by atoms with Crippen molar-refractivity contribution in [2.45, 2.75) is 26.4 Å². The second kappa shape index (κ2) is 3.68. The Bertz CT molecular complexity index is 170. The third-order valence-corrected chi connectivity index (χ3v) is 1.78. The molecular weight excluding hydrogens is 144 g/mol. The largest absolute Gasteiger partial charge is 0.309 e. The smallest absolute Gasteiger partial charge is 0.0680 e. The summed E-state index contributed by atoms with van der Waals surface area (Å²) in [5.74, 6) is 0. The third-order valence-electron chi connectivity index (χ3n) is 1.18. The fourth-order valence-electron chi connectivity index (χ4n) is 0.637. The molecule has 0 fully saturated rings. The molecule has 1 aromatic heterocycles. The molecule has 0 saturated carbocycles. The average Bonchev–Trinajstić information content (AvgIpc) is 2.34. The summed E-state index contributed by atoms with van der Waals surface area (Å²) in [6, 6.07) is 2.58. The Labute approximate surface area is 65.4 Å². The van der Waals surface area contributed by atoms with Gasteiger partial charge in [0, 0.05) is 18.0 Å². The van der Waals surface area contributed by atoms with Gasteiger partial charge < -0.3 is 5.32 Å². The van der Waals surface area contributed by atoms with Crippen LogP contribution in [0.15, 0.2) is 11.4 Å². The van der Waals surface area contributed by atoms with E-state index >= 15 is 0 Å². The summed E-state index contributed by atoms with van der Waals surface area (Å²) in [5, 5.41) is 5.29. The lowest BCUT2D eigenvalue weighted by molar-refractivity contribution is 0.584. The molecule has 1 N–H and O–H groups in total. The lowest BCUT2D eigenvalue weighted by Crippen LogP contribution is -2.21. The van der Waals surface area contributed by atoms with Gasteiger partial charge in [-0.2, -0.15) is 4.37 Å². The fourth-order valence-corrected chi connectivity index (χ4v) is 1.18. The van der Waals surface area contributed by atoms with Crippen LogP contribution in [-0.2, 0) is 6.54 Å². The highest BCUT2D eigenvalue weighted by atomic mass is 32.1. The summed E-state index contributed by atoms with van der Waals surface area (Å²) in [6.45, 7) is 5.15. The highest BCUT2D eigenvalue weighted by molar-refractivity contribution is 7.03. The Balaban J connectivity index is 2.28. The van der Waals surface area contributed by atoms with Crippen molar-refractivity contribution < 1.29 is 0 Å². The molecule has 0 atom stereocenters. The van der Waals surface area contributed by atoms with Gasteiger partial charge in [-0.1, -0.05) is 13.8 Å². The lowest BCUT2D eigenvalue weighted by Gasteiger charge is -2.04. The minimum absolute atomic E-state index is 0.543. The average molecular weight is 156 g/mol. The number of rotatable bonds is 3. The number of nitrogens with zero attached hydrogens (tertiary/aromatic N) is 1. The first-order chi connectivity index (χ1) is 4.79. The molecule has 0 bridgehead atoms. The molecule has 0 saturated heterocycles. The molecule has 0 aromatic carbocycles. The predicted octanol–water partition coefficient (Wildman–Crippen LogP) is 1.64. The summed E-state index contributed by atoms with van der Waals surface area (Å²) in [7, 11) is 0. The van der Waals surface area contributed by atoms with Crippen LogP contribution in [-0.4, -0.2) is 10.4 Å². The fraction of sp³-hybridized carbons (Fsp3) is 0.571. The summed E-state index contributed by atoms with van der Waals surface area (Å²) < 4.78 is 4.17. The molecule has 0 aliphatic rings. The number of hydrogen-bond donors (Lipinski definition) is 1. The molecule has 0 aliphatic carbocycles. The van der Waals surface area contributed by atoms with Crippen LogP contribution in [0.5, 0.6) is 0 Å². The normalized spacial score (nSPS) is 10.7. The monoisotopic (exact) mass is 156 g/mol. The Hall–Kier alpha value is -0.410. The van der Waals surface area contributed by atoms with Gasteiger partial charge in [0.15, 0.2) is 0 Å². The van der Waals surface area contributed by atoms with Crippen molar-refractivity contribution >= 4 is 11.5 Å². The molecule has 0 aliphatic heterocycles. The summed E-state index contributed by atoms with van der Waals surface area (Å²) in [6.07, 6.45) is 0. The van der Waals surface area contributed by atoms with Crippen LogP contribution >= 0.6 is 11.5 Å². The van der Waals surface area contributed by atoms with E-state index in [1.165, 1.54) is 11.5 Å². The molecule has 0 unspecified atom stereocenters. The Morgan fingerprint density at radius 3 is 3.00 bits per heavy atom. The molecule has 0 spiro atoms. The van der Waals surface area contributed by atoms with Gasteiger partial charge in [0.2, 0.25) is 0 Å². The van der Waals surface area contributed by atoms with E-state index in [9.17, 15) is 0 Å². The van der Waals surface area contributed by atoms with Crippen LogP contribution < -0.4 is 5.32 Å². The number of hydrogen-bond acceptors (Lipinski definition) is 3. The maximum absolute atomic E-state index is 4.17. The van der Waals surface area contributed by atoms with Gasteiger partial charge in [-0.25, -0.2) is 0 Å². The Kier molecular flexibility index (Phi) is 2.83. The first kappa shape index (κ1) is 7.69. The first-order valence-corrected chi connectivity index (χ1v) is 4.25. The van der Waals surface area contributed by atoms with Crippen LogP contribution in [0, 0.1) is 0 Å². The summed E-state index contributed by atoms with van der Waals surface area (Å²) in [4.78, 5) is 0. The third kappa shape index (κ3) is 2.45. The van der Waals surface area contributed by atoms with Crippen molar-refractivity contribution in [2.75, 3.05) is 0 Å². The molecule has 3 heteroatoms. The molecule has 0 radical (unpaired) electrons. The Morgan fingerprint density at radius 1 is 1.70 bits per heavy atom. The van der Waals surface area contributed by atoms with Gasteiger partial charge >= 0.3 is 0 Å². The zero-order valence-corrected chi connectivity index (χ0v) is 7.11. The minimum atomic E-state index is 0.543. The van der Waals surface area contributed by atoms with Crippen molar-refractivity contribution in [1.82, 2.24) is 9.69 Å². The van der Waals surface area contributed by atoms with Crippen LogP contribution in [0.4, 0.5) is 0 Å². The SMILES string of the molecule is CC(C)NCc1ccsn1. The highest BCUT2D eigenvalue weighted by Crippen LogP contribution is 1.98. The minimum Gasteiger partial charge on any atom is -0.309 e. The van der Waals surface area contributed by atoms with E-state index in [1.807, 2.05) is 11.4 Å². The molecule has 10 heavy (non-hydrogen) atoms. The quantitative estimate of drug-likeness (QED) is 0.719. The van der Waals surface area contributed by atoms with Gasteiger partial charge in [-0.3, -0.25) is 0 Å². The van der Waals surface area contributed by atoms with Gasteiger partial charge in [-0.05, 0) is 17.6 Å². The standard InChI is InChI=1S/C7H12N2S/c1-6(2)8-5-7-3-4-10-9-7/h3-4,6,8H,5H2,1-2H3. The highest BCUT2D eigenvalue weighted by Gasteiger charge is 1.94. The zero-order valence-electron chi connectivity index (χ0n) is 6.29. The van der Waals surface area contributed by atoms with E-state index in [-0.39, 0.29) is 0 Å². The van der Waals surface area contributed by atoms with E-state index in [1.54, 1.807) is 0 Å². The van der Waals surface area contributed by atoms with Crippen molar-refractivity contribution in [3.8, 4) is 0 Å². The molecular formula is C7H12N2S. The van der Waals surface area contributed by atoms with Gasteiger partial charge in [0.1, 0.15) is 0 Å². The Morgan fingerprint density at radius 2 is 2.50 bits per heavy atom. The van der Waals surface area contributed by atoms with Crippen LogP contribution in [0.25, 0.3) is 0 Å². The molecule has 1 heterocycles. The number of nitrogens with one attached hydrogen (secondary N) is 1. The first-order valence-electron chi connectivity index (χ1n) is 3.41. The maximum atomic E-state index is 4.17. The topological polar surface area (TPSA) is 24.9 Å². The molecule has 2 nitrogen and oxygen atoms in total. The second-order valence-electron chi connectivity index (χ2n) is 2.53. The van der Waals surface area contributed by atoms with Crippen LogP contribution in [0.1, 0.15) is 19.5 Å². The molecule has 1 aromatic rings. The van der Waals surface area contributed by atoms with Gasteiger partial charge in [0.05, 0.1) is 5.69 Å². The van der Waals surface area contributed by atoms with Crippen molar-refractivity contribution in [2.24, 2.45) is 0 Å². The van der Waals surface area contributed by atoms with E-state index in [2.05, 4.69) is 23.5 Å². The van der Waals surface area contributed by atoms with Gasteiger partial charge in [0.25, 0.3) is 0 Å². The van der Waals surface area contributed by atoms with Crippen molar-refractivity contribution in [3.05, 3.63) is 17.1 Å². The van der Waals surface area contributed by atoms with E-state index in [4.69, 9.17) is 0 Å². The van der Waals surface area contributed by atoms with E-state index in [0.717, 1.165) is 12.2 Å². The second-order valence-corrected chi connectivity index (χ2v) is 3.19. The molecule has 0 amide bonds. The lowest BCUT2D eigenvalue weighted by atomic mass is 10.3. The van der Waals surface area contributed by atoms with E-state index in [0.29, 0.717) is 6.04 Å². The van der Waals surface area contributed by atoms with Gasteiger partial charge in [-0.15, -0.1) is 0 Å². The maximum Gasteiger partial charge on any atom is 0.0680 e. The molecule has 56 valence electrons. The summed E-state index contributed by atoms with van der Waals surface area (Å²) >= 11 is 1.50. The van der Waals surface area contributed by atoms with Crippen LogP contribution in [0.2, 0.25) is 0 Å². The van der Waals surface area contributed by atoms with E-state index < -0.39 is 0 Å². The van der Waals surface area contributed by atoms with Crippen molar-refractivity contribution in [3.63, 3.8) is 0 Å².